The van der Waals surface area contributed by atoms with E-state index in [0.717, 1.165) is 23.4 Å². The Morgan fingerprint density at radius 2 is 2.05 bits per heavy atom. The van der Waals surface area contributed by atoms with Crippen molar-refractivity contribution in [2.24, 2.45) is 23.7 Å². The third-order valence-electron chi connectivity index (χ3n) is 5.93. The molecule has 5 atom stereocenters. The summed E-state index contributed by atoms with van der Waals surface area (Å²) < 4.78 is 0. The largest absolute Gasteiger partial charge is 0.349 e. The Morgan fingerprint density at radius 1 is 1.24 bits per heavy atom. The van der Waals surface area contributed by atoms with Crippen LogP contribution in [0.15, 0.2) is 12.1 Å². The number of aryl methyl sites for hydroxylation is 1. The van der Waals surface area contributed by atoms with E-state index in [9.17, 15) is 4.79 Å². The molecule has 3 fully saturated rings. The number of hydrogen-bond donors (Lipinski definition) is 1. The van der Waals surface area contributed by atoms with Gasteiger partial charge in [-0.3, -0.25) is 4.79 Å². The first-order valence-corrected chi connectivity index (χ1v) is 8.44. The van der Waals surface area contributed by atoms with Gasteiger partial charge in [0.1, 0.15) is 5.15 Å². The van der Waals surface area contributed by atoms with Crippen LogP contribution in [0.1, 0.15) is 48.2 Å². The van der Waals surface area contributed by atoms with Gasteiger partial charge in [-0.25, -0.2) is 4.98 Å². The lowest BCUT2D eigenvalue weighted by atomic mass is 9.79. The van der Waals surface area contributed by atoms with Crippen LogP contribution in [0.4, 0.5) is 0 Å². The van der Waals surface area contributed by atoms with Gasteiger partial charge in [-0.05, 0) is 68.4 Å². The van der Waals surface area contributed by atoms with Gasteiger partial charge in [0, 0.05) is 17.3 Å². The zero-order chi connectivity index (χ0) is 14.6. The van der Waals surface area contributed by atoms with Crippen molar-refractivity contribution in [2.75, 3.05) is 0 Å². The quantitative estimate of drug-likeness (QED) is 0.848. The molecule has 0 radical (unpaired) electrons. The van der Waals surface area contributed by atoms with Crippen LogP contribution in [0.3, 0.4) is 0 Å². The third-order valence-corrected chi connectivity index (χ3v) is 6.12. The van der Waals surface area contributed by atoms with E-state index in [0.29, 0.717) is 22.7 Å². The van der Waals surface area contributed by atoms with Gasteiger partial charge in [-0.1, -0.05) is 18.0 Å². The van der Waals surface area contributed by atoms with Crippen molar-refractivity contribution in [3.05, 3.63) is 28.5 Å². The Bertz CT molecular complexity index is 568. The fourth-order valence-electron chi connectivity index (χ4n) is 5.24. The maximum Gasteiger partial charge on any atom is 0.251 e. The predicted molar refractivity (Wildman–Crippen MR) is 82.3 cm³/mol. The molecule has 1 aromatic heterocycles. The molecule has 3 nitrogen and oxygen atoms in total. The number of amides is 1. The summed E-state index contributed by atoms with van der Waals surface area (Å²) in [6.07, 6.45) is 6.69. The second-order valence-electron chi connectivity index (χ2n) is 7.05. The monoisotopic (exact) mass is 304 g/mol. The summed E-state index contributed by atoms with van der Waals surface area (Å²) in [6.45, 7) is 1.86. The smallest absolute Gasteiger partial charge is 0.251 e. The van der Waals surface area contributed by atoms with Crippen LogP contribution in [-0.4, -0.2) is 16.9 Å². The molecule has 1 heterocycles. The molecular formula is C17H21ClN2O. The molecular weight excluding hydrogens is 284 g/mol. The highest BCUT2D eigenvalue weighted by Crippen LogP contribution is 2.58. The Balaban J connectivity index is 1.48. The number of pyridine rings is 1. The maximum absolute atomic E-state index is 12.5. The second-order valence-corrected chi connectivity index (χ2v) is 7.44. The molecule has 112 valence electrons. The minimum Gasteiger partial charge on any atom is -0.349 e. The molecule has 0 aromatic carbocycles. The van der Waals surface area contributed by atoms with Crippen LogP contribution >= 0.6 is 11.6 Å². The zero-order valence-corrected chi connectivity index (χ0v) is 13.1. The number of halogens is 1. The van der Waals surface area contributed by atoms with Crippen LogP contribution in [0.25, 0.3) is 0 Å². The summed E-state index contributed by atoms with van der Waals surface area (Å²) in [7, 11) is 0. The van der Waals surface area contributed by atoms with E-state index in [1.54, 1.807) is 6.07 Å². The average molecular weight is 305 g/mol. The van der Waals surface area contributed by atoms with Crippen LogP contribution < -0.4 is 5.32 Å². The maximum atomic E-state index is 12.5. The molecule has 4 heteroatoms. The van der Waals surface area contributed by atoms with Crippen LogP contribution in [0, 0.1) is 30.6 Å². The number of nitrogens with one attached hydrogen (secondary N) is 1. The van der Waals surface area contributed by atoms with Gasteiger partial charge in [0.05, 0.1) is 0 Å². The average Bonchev–Trinajstić information content (AvgIpc) is 3.09. The Morgan fingerprint density at radius 3 is 2.86 bits per heavy atom. The molecule has 5 unspecified atom stereocenters. The summed E-state index contributed by atoms with van der Waals surface area (Å²) >= 11 is 5.96. The van der Waals surface area contributed by atoms with Crippen LogP contribution in [0.2, 0.25) is 5.15 Å². The van der Waals surface area contributed by atoms with Crippen molar-refractivity contribution in [3.8, 4) is 0 Å². The fraction of sp³-hybridized carbons (Fsp3) is 0.647. The summed E-state index contributed by atoms with van der Waals surface area (Å²) in [5, 5.41) is 3.66. The van der Waals surface area contributed by atoms with Gasteiger partial charge < -0.3 is 5.32 Å². The van der Waals surface area contributed by atoms with E-state index in [4.69, 9.17) is 11.6 Å². The number of fused-ring (bicyclic) bond motifs is 5. The zero-order valence-electron chi connectivity index (χ0n) is 12.3. The molecule has 3 aliphatic rings. The Hall–Kier alpha value is -1.09. The van der Waals surface area contributed by atoms with E-state index in [-0.39, 0.29) is 5.91 Å². The summed E-state index contributed by atoms with van der Waals surface area (Å²) in [4.78, 5) is 16.6. The highest BCUT2D eigenvalue weighted by atomic mass is 35.5. The molecule has 3 aliphatic carbocycles. The molecule has 4 rings (SSSR count). The number of aromatic nitrogens is 1. The van der Waals surface area contributed by atoms with Crippen molar-refractivity contribution < 1.29 is 4.79 Å². The van der Waals surface area contributed by atoms with Crippen LogP contribution in [-0.2, 0) is 0 Å². The van der Waals surface area contributed by atoms with E-state index in [1.165, 1.54) is 32.1 Å². The summed E-state index contributed by atoms with van der Waals surface area (Å²) in [5.41, 5.74) is 1.43. The van der Waals surface area contributed by atoms with Crippen molar-refractivity contribution >= 4 is 17.5 Å². The molecule has 0 spiro atoms. The number of rotatable bonds is 2. The molecule has 0 aliphatic heterocycles. The lowest BCUT2D eigenvalue weighted by molar-refractivity contribution is 0.0901. The first kappa shape index (κ1) is 13.6. The molecule has 1 amide bonds. The normalized spacial score (nSPS) is 36.8. The number of hydrogen-bond acceptors (Lipinski definition) is 2. The van der Waals surface area contributed by atoms with Gasteiger partial charge in [-0.2, -0.15) is 0 Å². The molecule has 1 N–H and O–H groups in total. The molecule has 21 heavy (non-hydrogen) atoms. The fourth-order valence-corrected chi connectivity index (χ4v) is 5.50. The van der Waals surface area contributed by atoms with Crippen LogP contribution in [0.5, 0.6) is 0 Å². The number of nitrogens with zero attached hydrogens (tertiary/aromatic N) is 1. The van der Waals surface area contributed by atoms with Crippen molar-refractivity contribution in [1.82, 2.24) is 10.3 Å². The minimum absolute atomic E-state index is 0.00879. The van der Waals surface area contributed by atoms with Gasteiger partial charge in [0.2, 0.25) is 0 Å². The summed E-state index contributed by atoms with van der Waals surface area (Å²) in [6, 6.07) is 3.84. The Kier molecular flexibility index (Phi) is 3.21. The molecule has 1 aromatic rings. The highest BCUT2D eigenvalue weighted by molar-refractivity contribution is 6.29. The second kappa shape index (κ2) is 4.98. The molecule has 3 saturated carbocycles. The Labute approximate surface area is 130 Å². The van der Waals surface area contributed by atoms with Crippen molar-refractivity contribution in [1.29, 1.82) is 0 Å². The topological polar surface area (TPSA) is 42.0 Å². The third kappa shape index (κ3) is 2.26. The lowest BCUT2D eigenvalue weighted by Crippen LogP contribution is -2.42. The number of carbonyl (C=O) groups excluding carboxylic acids is 1. The van der Waals surface area contributed by atoms with E-state index in [1.807, 2.05) is 13.0 Å². The minimum atomic E-state index is 0.00879. The molecule has 0 saturated heterocycles. The standard InChI is InChI=1S/C17H21ClN2O/c1-9-5-11(8-16(18)19-9)17(21)20-15-7-10-6-14(15)13-4-2-3-12(10)13/h5,8,10,12-15H,2-4,6-7H2,1H3,(H,20,21). The van der Waals surface area contributed by atoms with E-state index in [2.05, 4.69) is 10.3 Å². The van der Waals surface area contributed by atoms with Gasteiger partial charge in [0.25, 0.3) is 5.91 Å². The SMILES string of the molecule is Cc1cc(C(=O)NC2CC3CC2C2CCCC32)cc(Cl)n1. The van der Waals surface area contributed by atoms with Gasteiger partial charge in [0.15, 0.2) is 0 Å². The predicted octanol–water partition coefficient (Wildman–Crippen LogP) is 3.60. The molecule has 2 bridgehead atoms. The highest BCUT2D eigenvalue weighted by Gasteiger charge is 2.54. The van der Waals surface area contributed by atoms with E-state index < -0.39 is 0 Å². The van der Waals surface area contributed by atoms with Gasteiger partial charge in [-0.15, -0.1) is 0 Å². The number of carbonyl (C=O) groups is 1. The summed E-state index contributed by atoms with van der Waals surface area (Å²) in [5.74, 6) is 3.41. The van der Waals surface area contributed by atoms with E-state index >= 15 is 0 Å². The van der Waals surface area contributed by atoms with Crippen molar-refractivity contribution in [2.45, 2.75) is 45.1 Å². The first-order chi connectivity index (χ1) is 10.1. The first-order valence-electron chi connectivity index (χ1n) is 8.07. The van der Waals surface area contributed by atoms with Gasteiger partial charge >= 0.3 is 0 Å². The van der Waals surface area contributed by atoms with Crippen molar-refractivity contribution in [3.63, 3.8) is 0 Å². The lowest BCUT2D eigenvalue weighted by Gasteiger charge is -2.32.